The van der Waals surface area contributed by atoms with E-state index in [1.165, 1.54) is 6.33 Å². The first-order valence-corrected chi connectivity index (χ1v) is 5.66. The molecule has 0 atom stereocenters. The highest BCUT2D eigenvalue weighted by molar-refractivity contribution is 5.80. The summed E-state index contributed by atoms with van der Waals surface area (Å²) in [6, 6.07) is 1.83. The highest BCUT2D eigenvalue weighted by atomic mass is 16.1. The van der Waals surface area contributed by atoms with Crippen molar-refractivity contribution in [1.82, 2.24) is 15.3 Å². The van der Waals surface area contributed by atoms with E-state index >= 15 is 0 Å². The zero-order valence-corrected chi connectivity index (χ0v) is 10.5. The van der Waals surface area contributed by atoms with Crippen molar-refractivity contribution in [3.05, 3.63) is 12.4 Å². The topological polar surface area (TPSA) is 70.2 Å². The summed E-state index contributed by atoms with van der Waals surface area (Å²) in [5.41, 5.74) is 0. The van der Waals surface area contributed by atoms with Crippen molar-refractivity contribution in [1.29, 1.82) is 0 Å². The van der Waals surface area contributed by atoms with Crippen LogP contribution >= 0.6 is 0 Å². The summed E-state index contributed by atoms with van der Waals surface area (Å²) in [4.78, 5) is 21.6. The lowest BCUT2D eigenvalue weighted by molar-refractivity contribution is -0.119. The molecule has 0 saturated carbocycles. The van der Waals surface area contributed by atoms with Crippen LogP contribution in [0.5, 0.6) is 0 Å². The molecule has 0 radical (unpaired) electrons. The van der Waals surface area contributed by atoms with E-state index in [4.69, 9.17) is 0 Å². The lowest BCUT2D eigenvalue weighted by Gasteiger charge is -2.22. The minimum absolute atomic E-state index is 0.0249. The van der Waals surface area contributed by atoms with Crippen LogP contribution in [0.3, 0.4) is 0 Å². The van der Waals surface area contributed by atoms with Gasteiger partial charge in [-0.3, -0.25) is 4.79 Å². The third-order valence-corrected chi connectivity index (χ3v) is 2.34. The van der Waals surface area contributed by atoms with Crippen LogP contribution in [0.25, 0.3) is 0 Å². The SMILES string of the molecule is CCCN(CC(=O)NC)c1cc(NC)ncn1. The van der Waals surface area contributed by atoms with Crippen LogP contribution in [0.4, 0.5) is 11.6 Å². The number of anilines is 2. The zero-order chi connectivity index (χ0) is 12.7. The predicted molar refractivity (Wildman–Crippen MR) is 68.1 cm³/mol. The van der Waals surface area contributed by atoms with Crippen molar-refractivity contribution >= 4 is 17.5 Å². The Balaban J connectivity index is 2.84. The second-order valence-corrected chi connectivity index (χ2v) is 3.61. The maximum Gasteiger partial charge on any atom is 0.239 e. The number of carbonyl (C=O) groups excluding carboxylic acids is 1. The minimum atomic E-state index is -0.0249. The maximum absolute atomic E-state index is 11.4. The zero-order valence-electron chi connectivity index (χ0n) is 10.5. The van der Waals surface area contributed by atoms with Gasteiger partial charge in [-0.15, -0.1) is 0 Å². The number of hydrogen-bond acceptors (Lipinski definition) is 5. The van der Waals surface area contributed by atoms with Gasteiger partial charge in [-0.05, 0) is 6.42 Å². The molecule has 2 N–H and O–H groups in total. The summed E-state index contributed by atoms with van der Waals surface area (Å²) < 4.78 is 0. The Kier molecular flexibility index (Phi) is 5.19. The Labute approximate surface area is 101 Å². The molecule has 94 valence electrons. The number of nitrogens with zero attached hydrogens (tertiary/aromatic N) is 3. The van der Waals surface area contributed by atoms with E-state index in [2.05, 4.69) is 27.5 Å². The van der Waals surface area contributed by atoms with Gasteiger partial charge < -0.3 is 15.5 Å². The third-order valence-electron chi connectivity index (χ3n) is 2.34. The average molecular weight is 237 g/mol. The van der Waals surface area contributed by atoms with Crippen LogP contribution in [0, 0.1) is 0 Å². The van der Waals surface area contributed by atoms with Crippen molar-refractivity contribution < 1.29 is 4.79 Å². The first-order chi connectivity index (χ1) is 8.21. The van der Waals surface area contributed by atoms with Crippen molar-refractivity contribution in [2.24, 2.45) is 0 Å². The monoisotopic (exact) mass is 237 g/mol. The second-order valence-electron chi connectivity index (χ2n) is 3.61. The van der Waals surface area contributed by atoms with Gasteiger partial charge in [0.25, 0.3) is 0 Å². The highest BCUT2D eigenvalue weighted by Gasteiger charge is 2.11. The molecule has 0 aromatic carbocycles. The van der Waals surface area contributed by atoms with Gasteiger partial charge in [0, 0.05) is 26.7 Å². The molecule has 6 nitrogen and oxygen atoms in total. The fraction of sp³-hybridized carbons (Fsp3) is 0.545. The Bertz CT molecular complexity index is 369. The van der Waals surface area contributed by atoms with Crippen molar-refractivity contribution in [3.8, 4) is 0 Å². The van der Waals surface area contributed by atoms with Gasteiger partial charge in [-0.25, -0.2) is 9.97 Å². The summed E-state index contributed by atoms with van der Waals surface area (Å²) in [7, 11) is 3.43. The fourth-order valence-corrected chi connectivity index (χ4v) is 1.45. The number of amides is 1. The van der Waals surface area contributed by atoms with Gasteiger partial charge >= 0.3 is 0 Å². The van der Waals surface area contributed by atoms with E-state index in [1.807, 2.05) is 11.0 Å². The number of nitrogens with one attached hydrogen (secondary N) is 2. The maximum atomic E-state index is 11.4. The predicted octanol–water partition coefficient (Wildman–Crippen LogP) is 0.481. The summed E-state index contributed by atoms with van der Waals surface area (Å²) in [5.74, 6) is 1.48. The summed E-state index contributed by atoms with van der Waals surface area (Å²) in [6.45, 7) is 3.16. The Hall–Kier alpha value is -1.85. The molecule has 0 fully saturated rings. The number of aromatic nitrogens is 2. The quantitative estimate of drug-likeness (QED) is 0.753. The molecular weight excluding hydrogens is 218 g/mol. The molecule has 1 amide bonds. The third kappa shape index (κ3) is 3.90. The number of rotatable bonds is 6. The number of carbonyl (C=O) groups is 1. The van der Waals surface area contributed by atoms with Crippen molar-refractivity contribution in [2.45, 2.75) is 13.3 Å². The van der Waals surface area contributed by atoms with E-state index in [1.54, 1.807) is 14.1 Å². The van der Waals surface area contributed by atoms with Crippen LogP contribution in [0.1, 0.15) is 13.3 Å². The lowest BCUT2D eigenvalue weighted by atomic mass is 10.3. The first-order valence-electron chi connectivity index (χ1n) is 5.66. The normalized spacial score (nSPS) is 9.82. The molecule has 1 heterocycles. The first kappa shape index (κ1) is 13.2. The molecule has 0 unspecified atom stereocenters. The summed E-state index contributed by atoms with van der Waals surface area (Å²) >= 11 is 0. The van der Waals surface area contributed by atoms with E-state index in [0.717, 1.165) is 24.6 Å². The van der Waals surface area contributed by atoms with E-state index in [-0.39, 0.29) is 5.91 Å². The van der Waals surface area contributed by atoms with Crippen LogP contribution < -0.4 is 15.5 Å². The Morgan fingerprint density at radius 2 is 2.18 bits per heavy atom. The molecular formula is C11H19N5O. The van der Waals surface area contributed by atoms with Crippen LogP contribution in [0.15, 0.2) is 12.4 Å². The second kappa shape index (κ2) is 6.67. The molecule has 0 aliphatic heterocycles. The average Bonchev–Trinajstić information content (AvgIpc) is 2.38. The van der Waals surface area contributed by atoms with Gasteiger partial charge in [-0.1, -0.05) is 6.92 Å². The molecule has 1 aromatic rings. The largest absolute Gasteiger partial charge is 0.373 e. The number of hydrogen-bond donors (Lipinski definition) is 2. The molecule has 0 aliphatic carbocycles. The van der Waals surface area contributed by atoms with Gasteiger partial charge in [0.1, 0.15) is 18.0 Å². The van der Waals surface area contributed by atoms with Gasteiger partial charge in [0.05, 0.1) is 6.54 Å². The summed E-state index contributed by atoms with van der Waals surface area (Å²) in [6.07, 6.45) is 2.45. The number of likely N-dealkylation sites (N-methyl/N-ethyl adjacent to an activating group) is 1. The van der Waals surface area contributed by atoms with Crippen molar-refractivity contribution in [2.75, 3.05) is 37.4 Å². The molecule has 1 rings (SSSR count). The molecule has 17 heavy (non-hydrogen) atoms. The highest BCUT2D eigenvalue weighted by Crippen LogP contribution is 2.13. The minimum Gasteiger partial charge on any atom is -0.373 e. The van der Waals surface area contributed by atoms with Crippen molar-refractivity contribution in [3.63, 3.8) is 0 Å². The molecule has 0 aliphatic rings. The molecule has 0 bridgehead atoms. The molecule has 0 spiro atoms. The Morgan fingerprint density at radius 3 is 2.76 bits per heavy atom. The van der Waals surface area contributed by atoms with Gasteiger partial charge in [0.15, 0.2) is 0 Å². The standard InChI is InChI=1S/C11H19N5O/c1-4-5-16(7-11(17)13-3)10-6-9(12-2)14-8-15-10/h6,8H,4-5,7H2,1-3H3,(H,13,17)(H,12,14,15). The van der Waals surface area contributed by atoms with E-state index in [0.29, 0.717) is 6.54 Å². The molecule has 6 heteroatoms. The molecule has 0 saturated heterocycles. The smallest absolute Gasteiger partial charge is 0.239 e. The van der Waals surface area contributed by atoms with E-state index in [9.17, 15) is 4.79 Å². The lowest BCUT2D eigenvalue weighted by Crippen LogP contribution is -2.36. The van der Waals surface area contributed by atoms with Gasteiger partial charge in [0.2, 0.25) is 5.91 Å². The Morgan fingerprint density at radius 1 is 1.41 bits per heavy atom. The van der Waals surface area contributed by atoms with Crippen LogP contribution in [-0.2, 0) is 4.79 Å². The van der Waals surface area contributed by atoms with Gasteiger partial charge in [-0.2, -0.15) is 0 Å². The molecule has 1 aromatic heterocycles. The fourth-order valence-electron chi connectivity index (χ4n) is 1.45. The van der Waals surface area contributed by atoms with Crippen LogP contribution in [0.2, 0.25) is 0 Å². The van der Waals surface area contributed by atoms with E-state index < -0.39 is 0 Å². The van der Waals surface area contributed by atoms with Crippen LogP contribution in [-0.4, -0.2) is 43.1 Å². The summed E-state index contributed by atoms with van der Waals surface area (Å²) in [5, 5.41) is 5.57.